The predicted octanol–water partition coefficient (Wildman–Crippen LogP) is 1.64. The lowest BCUT2D eigenvalue weighted by molar-refractivity contribution is 0.0872. The number of oxime groups is 1. The van der Waals surface area contributed by atoms with Gasteiger partial charge in [-0.1, -0.05) is 29.4 Å². The van der Waals surface area contributed by atoms with Gasteiger partial charge in [-0.15, -0.1) is 0 Å². The summed E-state index contributed by atoms with van der Waals surface area (Å²) in [6.45, 7) is 0.673. The number of amidine groups is 1. The summed E-state index contributed by atoms with van der Waals surface area (Å²) < 4.78 is 0. The van der Waals surface area contributed by atoms with Gasteiger partial charge in [0.25, 0.3) is 0 Å². The normalized spacial score (nSPS) is 25.8. The smallest absolute Gasteiger partial charge is 0.185 e. The summed E-state index contributed by atoms with van der Waals surface area (Å²) in [5.74, 6) is 0.786. The fourth-order valence-electron chi connectivity index (χ4n) is 2.59. The van der Waals surface area contributed by atoms with Crippen LogP contribution in [0.25, 0.3) is 0 Å². The molecule has 4 heteroatoms. The van der Waals surface area contributed by atoms with Crippen molar-refractivity contribution >= 4 is 11.6 Å². The number of Topliss-reactive ketones (excluding diaryl/α,β-unsaturated/α-hetero) is 1. The molecule has 1 fully saturated rings. The summed E-state index contributed by atoms with van der Waals surface area (Å²) in [5, 5.41) is 12.1. The summed E-state index contributed by atoms with van der Waals surface area (Å²) in [6, 6.07) is 7.53. The van der Waals surface area contributed by atoms with Crippen molar-refractivity contribution in [1.82, 2.24) is 4.90 Å². The lowest BCUT2D eigenvalue weighted by atomic mass is 9.93. The van der Waals surface area contributed by atoms with E-state index in [9.17, 15) is 4.79 Å². The number of carbonyl (C=O) groups excluding carboxylic acids is 1. The molecule has 1 saturated heterocycles. The molecule has 1 atom stereocenters. The Labute approximate surface area is 93.2 Å². The zero-order chi connectivity index (χ0) is 11.1. The van der Waals surface area contributed by atoms with E-state index in [4.69, 9.17) is 5.21 Å². The second-order valence-electron chi connectivity index (χ2n) is 4.22. The van der Waals surface area contributed by atoms with Crippen LogP contribution in [0, 0.1) is 0 Å². The third-order valence-corrected chi connectivity index (χ3v) is 3.39. The molecule has 0 bridgehead atoms. The first-order chi connectivity index (χ1) is 7.81. The molecule has 1 N–H and O–H groups in total. The Hall–Kier alpha value is -1.84. The molecule has 3 rings (SSSR count). The van der Waals surface area contributed by atoms with Crippen molar-refractivity contribution in [1.29, 1.82) is 0 Å². The molecule has 0 amide bonds. The summed E-state index contributed by atoms with van der Waals surface area (Å²) >= 11 is 0. The molecule has 16 heavy (non-hydrogen) atoms. The second kappa shape index (κ2) is 3.33. The molecular weight excluding hydrogens is 204 g/mol. The van der Waals surface area contributed by atoms with Gasteiger partial charge < -0.3 is 10.1 Å². The van der Waals surface area contributed by atoms with E-state index in [0.717, 1.165) is 17.5 Å². The van der Waals surface area contributed by atoms with E-state index in [2.05, 4.69) is 5.16 Å². The minimum absolute atomic E-state index is 0.124. The molecule has 0 spiro atoms. The molecule has 0 saturated carbocycles. The Morgan fingerprint density at radius 3 is 3.00 bits per heavy atom. The Kier molecular flexibility index (Phi) is 1.96. The van der Waals surface area contributed by atoms with Crippen LogP contribution in [0.5, 0.6) is 0 Å². The first-order valence-corrected chi connectivity index (χ1v) is 5.41. The Bertz CT molecular complexity index is 482. The number of carbonyl (C=O) groups is 1. The second-order valence-corrected chi connectivity index (χ2v) is 4.22. The lowest BCUT2D eigenvalue weighted by Crippen LogP contribution is -2.42. The fraction of sp³-hybridized carbons (Fsp3) is 0.333. The van der Waals surface area contributed by atoms with E-state index in [1.54, 1.807) is 0 Å². The molecule has 1 unspecified atom stereocenters. The van der Waals surface area contributed by atoms with Gasteiger partial charge in [0.15, 0.2) is 5.78 Å². The molecule has 2 heterocycles. The highest BCUT2D eigenvalue weighted by Gasteiger charge is 2.39. The van der Waals surface area contributed by atoms with Crippen LogP contribution in [0.3, 0.4) is 0 Å². The number of hydrogen-bond acceptors (Lipinski definition) is 3. The summed E-state index contributed by atoms with van der Waals surface area (Å²) in [5.41, 5.74) is 1.84. The molecule has 0 aliphatic carbocycles. The van der Waals surface area contributed by atoms with Gasteiger partial charge in [0.05, 0.1) is 6.04 Å². The first-order valence-electron chi connectivity index (χ1n) is 5.41. The Morgan fingerprint density at radius 2 is 2.19 bits per heavy atom. The highest BCUT2D eigenvalue weighted by Crippen LogP contribution is 2.31. The maximum Gasteiger partial charge on any atom is 0.185 e. The van der Waals surface area contributed by atoms with Crippen LogP contribution in [0.4, 0.5) is 0 Å². The van der Waals surface area contributed by atoms with Crippen molar-refractivity contribution in [3.63, 3.8) is 0 Å². The first kappa shape index (κ1) is 9.39. The van der Waals surface area contributed by atoms with Crippen molar-refractivity contribution in [2.75, 3.05) is 0 Å². The van der Waals surface area contributed by atoms with E-state index in [0.29, 0.717) is 18.8 Å². The lowest BCUT2D eigenvalue weighted by Gasteiger charge is -2.31. The number of hydrogen-bond donors (Lipinski definition) is 1. The number of benzene rings is 1. The van der Waals surface area contributed by atoms with Crippen LogP contribution in [0.1, 0.15) is 28.8 Å². The Balaban J connectivity index is 2.07. The van der Waals surface area contributed by atoms with Crippen LogP contribution < -0.4 is 0 Å². The van der Waals surface area contributed by atoms with Crippen LogP contribution in [-0.2, 0) is 6.54 Å². The zero-order valence-electron chi connectivity index (χ0n) is 8.76. The number of fused-ring (bicyclic) bond motifs is 2. The SMILES string of the molecule is O=C1c2ccccc2CN2/C(=N/O)CCC12. The third-order valence-electron chi connectivity index (χ3n) is 3.39. The van der Waals surface area contributed by atoms with Crippen LogP contribution in [0.15, 0.2) is 29.4 Å². The minimum Gasteiger partial charge on any atom is -0.409 e. The topological polar surface area (TPSA) is 52.9 Å². The van der Waals surface area contributed by atoms with Crippen LogP contribution in [0.2, 0.25) is 0 Å². The van der Waals surface area contributed by atoms with Crippen molar-refractivity contribution in [3.8, 4) is 0 Å². The molecule has 2 aliphatic heterocycles. The summed E-state index contributed by atoms with van der Waals surface area (Å²) in [7, 11) is 0. The molecule has 0 aromatic heterocycles. The van der Waals surface area contributed by atoms with Crippen LogP contribution >= 0.6 is 0 Å². The average molecular weight is 216 g/mol. The third kappa shape index (κ3) is 1.16. The number of ketones is 1. The predicted molar refractivity (Wildman–Crippen MR) is 58.6 cm³/mol. The molecule has 2 aliphatic rings. The van der Waals surface area contributed by atoms with E-state index in [1.807, 2.05) is 29.2 Å². The highest BCUT2D eigenvalue weighted by atomic mass is 16.4. The maximum absolute atomic E-state index is 12.2. The minimum atomic E-state index is -0.124. The maximum atomic E-state index is 12.2. The van der Waals surface area contributed by atoms with Crippen LogP contribution in [-0.4, -0.2) is 27.8 Å². The van der Waals surface area contributed by atoms with Crippen molar-refractivity contribution in [2.45, 2.75) is 25.4 Å². The Morgan fingerprint density at radius 1 is 1.38 bits per heavy atom. The molecular formula is C12H12N2O2. The van der Waals surface area contributed by atoms with Gasteiger partial charge in [-0.2, -0.15) is 0 Å². The van der Waals surface area contributed by atoms with E-state index in [1.165, 1.54) is 0 Å². The number of nitrogens with zero attached hydrogens (tertiary/aromatic N) is 2. The van der Waals surface area contributed by atoms with Crippen molar-refractivity contribution < 1.29 is 10.0 Å². The molecule has 4 nitrogen and oxygen atoms in total. The van der Waals surface area contributed by atoms with E-state index < -0.39 is 0 Å². The number of rotatable bonds is 0. The summed E-state index contributed by atoms with van der Waals surface area (Å²) in [6.07, 6.45) is 1.44. The largest absolute Gasteiger partial charge is 0.409 e. The van der Waals surface area contributed by atoms with E-state index in [-0.39, 0.29) is 11.8 Å². The van der Waals surface area contributed by atoms with Gasteiger partial charge >= 0.3 is 0 Å². The van der Waals surface area contributed by atoms with Crippen molar-refractivity contribution in [2.24, 2.45) is 5.16 Å². The zero-order valence-corrected chi connectivity index (χ0v) is 8.76. The average Bonchev–Trinajstić information content (AvgIpc) is 2.72. The highest BCUT2D eigenvalue weighted by molar-refractivity contribution is 6.06. The fourth-order valence-corrected chi connectivity index (χ4v) is 2.59. The van der Waals surface area contributed by atoms with Gasteiger partial charge in [0, 0.05) is 18.5 Å². The summed E-state index contributed by atoms with van der Waals surface area (Å²) in [4.78, 5) is 14.1. The van der Waals surface area contributed by atoms with Crippen molar-refractivity contribution in [3.05, 3.63) is 35.4 Å². The molecule has 1 aromatic carbocycles. The van der Waals surface area contributed by atoms with E-state index >= 15 is 0 Å². The quantitative estimate of drug-likeness (QED) is 0.529. The van der Waals surface area contributed by atoms with Gasteiger partial charge in [-0.05, 0) is 12.0 Å². The molecule has 0 radical (unpaired) electrons. The monoisotopic (exact) mass is 216 g/mol. The standard InChI is InChI=1S/C12H12N2O2/c15-12-9-4-2-1-3-8(9)7-14-10(12)5-6-11(14)13-16/h1-4,10,16H,5-7H2/b13-11+. The van der Waals surface area contributed by atoms with Gasteiger partial charge in [0.1, 0.15) is 5.84 Å². The molecule has 82 valence electrons. The molecule has 1 aromatic rings. The van der Waals surface area contributed by atoms with Gasteiger partial charge in [-0.25, -0.2) is 0 Å². The van der Waals surface area contributed by atoms with Gasteiger partial charge in [0.2, 0.25) is 0 Å². The van der Waals surface area contributed by atoms with Gasteiger partial charge in [-0.3, -0.25) is 4.79 Å².